The maximum absolute atomic E-state index is 13.1. The normalized spacial score (nSPS) is 11.9. The van der Waals surface area contributed by atoms with E-state index in [1.165, 1.54) is 12.1 Å². The third-order valence-electron chi connectivity index (χ3n) is 3.47. The fraction of sp³-hybridized carbons (Fsp3) is 0.214. The summed E-state index contributed by atoms with van der Waals surface area (Å²) < 4.78 is 36.2. The lowest BCUT2D eigenvalue weighted by Gasteiger charge is -2.00. The second-order valence-electron chi connectivity index (χ2n) is 5.16. The van der Waals surface area contributed by atoms with E-state index in [0.29, 0.717) is 6.42 Å². The van der Waals surface area contributed by atoms with Crippen LogP contribution in [0.3, 0.4) is 0 Å². The maximum atomic E-state index is 13.1. The van der Waals surface area contributed by atoms with Crippen LogP contribution in [-0.2, 0) is 16.8 Å². The largest absolute Gasteiger partial charge is 0.332 e. The quantitative estimate of drug-likeness (QED) is 0.683. The standard InChI is InChI=1S/C14H13FN4O4S/c1-2-6-19-13(20)10-12(18-14(19)21)17-11(16-10)8-4-3-5-9(7-8)24(15,22)23/h3-5,7H,2,6H2,1H3,(H,16,17)(H,18,21). The second-order valence-corrected chi connectivity index (χ2v) is 6.51. The monoisotopic (exact) mass is 352 g/mol. The summed E-state index contributed by atoms with van der Waals surface area (Å²) >= 11 is 0. The van der Waals surface area contributed by atoms with Crippen LogP contribution >= 0.6 is 0 Å². The number of hydrogen-bond acceptors (Lipinski definition) is 5. The molecule has 0 aliphatic heterocycles. The van der Waals surface area contributed by atoms with Crippen molar-refractivity contribution in [3.63, 3.8) is 0 Å². The molecule has 0 spiro atoms. The first-order chi connectivity index (χ1) is 11.3. The lowest BCUT2D eigenvalue weighted by atomic mass is 10.2. The van der Waals surface area contributed by atoms with E-state index in [-0.39, 0.29) is 29.1 Å². The Hall–Kier alpha value is -2.75. The van der Waals surface area contributed by atoms with Crippen molar-refractivity contribution >= 4 is 21.4 Å². The molecule has 10 heteroatoms. The van der Waals surface area contributed by atoms with Gasteiger partial charge in [0.2, 0.25) is 0 Å². The molecule has 0 radical (unpaired) electrons. The molecule has 2 N–H and O–H groups in total. The van der Waals surface area contributed by atoms with Crippen molar-refractivity contribution in [2.24, 2.45) is 0 Å². The van der Waals surface area contributed by atoms with Gasteiger partial charge in [0.15, 0.2) is 5.65 Å². The molecule has 0 aliphatic carbocycles. The molecule has 0 unspecified atom stereocenters. The van der Waals surface area contributed by atoms with Gasteiger partial charge in [0.1, 0.15) is 11.3 Å². The van der Waals surface area contributed by atoms with Crippen molar-refractivity contribution in [1.29, 1.82) is 0 Å². The van der Waals surface area contributed by atoms with Gasteiger partial charge in [-0.15, -0.1) is 3.89 Å². The Balaban J connectivity index is 2.21. The van der Waals surface area contributed by atoms with Crippen LogP contribution in [0.15, 0.2) is 38.8 Å². The van der Waals surface area contributed by atoms with Crippen LogP contribution in [0.4, 0.5) is 3.89 Å². The zero-order valence-electron chi connectivity index (χ0n) is 12.5. The Labute approximate surface area is 135 Å². The number of aromatic nitrogens is 4. The summed E-state index contributed by atoms with van der Waals surface area (Å²) in [5.74, 6) is 0.150. The molecule has 2 heterocycles. The highest BCUT2D eigenvalue weighted by molar-refractivity contribution is 7.86. The van der Waals surface area contributed by atoms with Gasteiger partial charge in [-0.25, -0.2) is 9.78 Å². The third kappa shape index (κ3) is 2.75. The van der Waals surface area contributed by atoms with Crippen molar-refractivity contribution in [2.45, 2.75) is 24.8 Å². The third-order valence-corrected chi connectivity index (χ3v) is 4.29. The minimum Gasteiger partial charge on any atom is -0.332 e. The predicted molar refractivity (Wildman–Crippen MR) is 85.0 cm³/mol. The molecule has 1 aromatic carbocycles. The molecule has 0 fully saturated rings. The molecule has 0 saturated carbocycles. The Morgan fingerprint density at radius 3 is 2.67 bits per heavy atom. The zero-order chi connectivity index (χ0) is 17.5. The summed E-state index contributed by atoms with van der Waals surface area (Å²) in [7, 11) is -4.86. The Kier molecular flexibility index (Phi) is 3.84. The first-order valence-corrected chi connectivity index (χ1v) is 8.47. The van der Waals surface area contributed by atoms with Crippen LogP contribution in [0.2, 0.25) is 0 Å². The zero-order valence-corrected chi connectivity index (χ0v) is 13.4. The molecule has 126 valence electrons. The van der Waals surface area contributed by atoms with Gasteiger partial charge in [-0.1, -0.05) is 19.1 Å². The summed E-state index contributed by atoms with van der Waals surface area (Å²) in [6, 6.07) is 5.06. The lowest BCUT2D eigenvalue weighted by Crippen LogP contribution is -2.34. The molecular formula is C14H13FN4O4S. The van der Waals surface area contributed by atoms with Crippen LogP contribution in [0.1, 0.15) is 13.3 Å². The van der Waals surface area contributed by atoms with E-state index < -0.39 is 26.4 Å². The van der Waals surface area contributed by atoms with E-state index in [2.05, 4.69) is 15.0 Å². The summed E-state index contributed by atoms with van der Waals surface area (Å²) in [6.45, 7) is 2.09. The number of benzene rings is 1. The molecule has 0 bridgehead atoms. The van der Waals surface area contributed by atoms with Gasteiger partial charge in [0.25, 0.3) is 5.56 Å². The highest BCUT2D eigenvalue weighted by atomic mass is 32.3. The maximum Gasteiger partial charge on any atom is 0.332 e. The van der Waals surface area contributed by atoms with Crippen molar-refractivity contribution in [3.8, 4) is 11.4 Å². The molecule has 0 atom stereocenters. The number of hydrogen-bond donors (Lipinski definition) is 2. The highest BCUT2D eigenvalue weighted by Crippen LogP contribution is 2.22. The van der Waals surface area contributed by atoms with E-state index in [9.17, 15) is 21.9 Å². The van der Waals surface area contributed by atoms with Gasteiger partial charge < -0.3 is 4.98 Å². The minimum absolute atomic E-state index is 0.0564. The fourth-order valence-electron chi connectivity index (χ4n) is 2.37. The van der Waals surface area contributed by atoms with Crippen molar-refractivity contribution < 1.29 is 12.3 Å². The Bertz CT molecular complexity index is 1140. The lowest BCUT2D eigenvalue weighted by molar-refractivity contribution is 0.552. The van der Waals surface area contributed by atoms with Crippen LogP contribution < -0.4 is 11.2 Å². The molecule has 2 aromatic heterocycles. The van der Waals surface area contributed by atoms with Gasteiger partial charge in [-0.3, -0.25) is 14.3 Å². The van der Waals surface area contributed by atoms with E-state index >= 15 is 0 Å². The smallest absolute Gasteiger partial charge is 0.332 e. The topological polar surface area (TPSA) is 118 Å². The van der Waals surface area contributed by atoms with Crippen LogP contribution in [0.25, 0.3) is 22.6 Å². The van der Waals surface area contributed by atoms with Gasteiger partial charge in [0.05, 0.1) is 4.90 Å². The van der Waals surface area contributed by atoms with Crippen molar-refractivity contribution in [1.82, 2.24) is 19.5 Å². The minimum atomic E-state index is -4.86. The number of nitrogens with one attached hydrogen (secondary N) is 2. The molecule has 0 aliphatic rings. The molecule has 0 amide bonds. The molecule has 8 nitrogen and oxygen atoms in total. The first-order valence-electron chi connectivity index (χ1n) is 7.09. The van der Waals surface area contributed by atoms with E-state index in [1.807, 2.05) is 6.92 Å². The van der Waals surface area contributed by atoms with Crippen molar-refractivity contribution in [2.75, 3.05) is 0 Å². The average molecular weight is 352 g/mol. The van der Waals surface area contributed by atoms with Gasteiger partial charge in [-0.05, 0) is 18.6 Å². The molecule has 3 aromatic rings. The van der Waals surface area contributed by atoms with Crippen LogP contribution in [-0.4, -0.2) is 27.9 Å². The average Bonchev–Trinajstić information content (AvgIpc) is 2.95. The summed E-state index contributed by atoms with van der Waals surface area (Å²) in [6.07, 6.45) is 0.603. The Morgan fingerprint density at radius 2 is 2.00 bits per heavy atom. The molecule has 0 saturated heterocycles. The van der Waals surface area contributed by atoms with Gasteiger partial charge in [0, 0.05) is 12.1 Å². The van der Waals surface area contributed by atoms with E-state index in [0.717, 1.165) is 16.7 Å². The summed E-state index contributed by atoms with van der Waals surface area (Å²) in [5, 5.41) is 0. The number of halogens is 1. The number of aromatic amines is 2. The van der Waals surface area contributed by atoms with Crippen molar-refractivity contribution in [3.05, 3.63) is 45.1 Å². The Morgan fingerprint density at radius 1 is 1.25 bits per heavy atom. The number of nitrogens with zero attached hydrogens (tertiary/aromatic N) is 2. The fourth-order valence-corrected chi connectivity index (χ4v) is 2.88. The summed E-state index contributed by atoms with van der Waals surface area (Å²) in [5.41, 5.74) is -0.684. The predicted octanol–water partition coefficient (Wildman–Crippen LogP) is 1.15. The molecular weight excluding hydrogens is 339 g/mol. The second kappa shape index (κ2) is 5.71. The van der Waals surface area contributed by atoms with Crippen LogP contribution in [0.5, 0.6) is 0 Å². The first kappa shape index (κ1) is 16.1. The number of imidazole rings is 1. The SMILES string of the molecule is CCCn1c(=O)[nH]c2nc(-c3cccc(S(=O)(=O)F)c3)[nH]c2c1=O. The number of H-pyrrole nitrogens is 2. The van der Waals surface area contributed by atoms with Gasteiger partial charge >= 0.3 is 15.9 Å². The summed E-state index contributed by atoms with van der Waals surface area (Å²) in [4.78, 5) is 33.0. The van der Waals surface area contributed by atoms with Gasteiger partial charge in [-0.2, -0.15) is 8.42 Å². The number of rotatable bonds is 4. The molecule has 3 rings (SSSR count). The number of fused-ring (bicyclic) bond motifs is 1. The molecule has 24 heavy (non-hydrogen) atoms. The van der Waals surface area contributed by atoms with Crippen LogP contribution in [0, 0.1) is 0 Å². The van der Waals surface area contributed by atoms with E-state index in [1.54, 1.807) is 0 Å². The van der Waals surface area contributed by atoms with E-state index in [4.69, 9.17) is 0 Å². The highest BCUT2D eigenvalue weighted by Gasteiger charge is 2.16.